The highest BCUT2D eigenvalue weighted by molar-refractivity contribution is 6.10. The Morgan fingerprint density at radius 2 is 1.79 bits per heavy atom. The second-order valence-electron chi connectivity index (χ2n) is 8.41. The van der Waals surface area contributed by atoms with Gasteiger partial charge in [0.1, 0.15) is 11.8 Å². The van der Waals surface area contributed by atoms with Gasteiger partial charge in [-0.15, -0.1) is 0 Å². The first-order valence-electron chi connectivity index (χ1n) is 11.1. The quantitative estimate of drug-likeness (QED) is 0.644. The number of nitrogens with one attached hydrogen (secondary N) is 2. The van der Waals surface area contributed by atoms with Gasteiger partial charge in [-0.05, 0) is 42.0 Å². The third kappa shape index (κ3) is 3.80. The molecular weight excluding hydrogens is 418 g/mol. The molecule has 2 heterocycles. The maximum atomic E-state index is 13.4. The number of carbonyl (C=O) groups is 3. The summed E-state index contributed by atoms with van der Waals surface area (Å²) in [5, 5.41) is 7.55. The Balaban J connectivity index is 1.39. The molecule has 168 valence electrons. The summed E-state index contributed by atoms with van der Waals surface area (Å²) < 4.78 is 5.52. The summed E-state index contributed by atoms with van der Waals surface area (Å²) in [6.45, 7) is 0.617. The van der Waals surface area contributed by atoms with Gasteiger partial charge in [-0.25, -0.2) is 0 Å². The van der Waals surface area contributed by atoms with Gasteiger partial charge in [-0.2, -0.15) is 0 Å². The summed E-state index contributed by atoms with van der Waals surface area (Å²) in [7, 11) is 1.65. The zero-order valence-corrected chi connectivity index (χ0v) is 18.3. The largest absolute Gasteiger partial charge is 0.496 e. The fourth-order valence-corrected chi connectivity index (χ4v) is 4.90. The molecule has 7 heteroatoms. The highest BCUT2D eigenvalue weighted by atomic mass is 16.5. The topological polar surface area (TPSA) is 87.7 Å². The Hall–Kier alpha value is -3.87. The summed E-state index contributed by atoms with van der Waals surface area (Å²) in [6, 6.07) is 17.8. The molecule has 33 heavy (non-hydrogen) atoms. The van der Waals surface area contributed by atoms with Crippen molar-refractivity contribution in [3.8, 4) is 5.75 Å². The van der Waals surface area contributed by atoms with Crippen molar-refractivity contribution in [2.75, 3.05) is 19.0 Å². The first kappa shape index (κ1) is 21.0. The summed E-state index contributed by atoms with van der Waals surface area (Å²) in [5.41, 5.74) is 1.92. The molecule has 0 radical (unpaired) electrons. The van der Waals surface area contributed by atoms with E-state index in [-0.39, 0.29) is 30.2 Å². The second kappa shape index (κ2) is 8.58. The number of carbonyl (C=O) groups excluding carboxylic acids is 3. The number of methoxy groups -OCH3 is 1. The monoisotopic (exact) mass is 443 g/mol. The SMILES string of the molecule is COc1ccc([C@H]2CCCN2C(=O)C[C@H]2NC(=O)c3ccccc3NC2=O)c2ccccc12. The average Bonchev–Trinajstić information content (AvgIpc) is 3.28. The standard InChI is InChI=1S/C26H25N3O4/c1-33-23-13-12-17(16-7-2-3-8-18(16)23)22-11-6-14-29(22)24(30)15-21-26(32)27-20-10-5-4-9-19(20)25(31)28-21/h2-5,7-10,12-13,21-22H,6,11,14-15H2,1H3,(H,27,32)(H,28,31)/t21-,22-/m1/s1. The lowest BCUT2D eigenvalue weighted by Gasteiger charge is -2.28. The highest BCUT2D eigenvalue weighted by Gasteiger charge is 2.35. The van der Waals surface area contributed by atoms with Gasteiger partial charge in [0.25, 0.3) is 5.91 Å². The van der Waals surface area contributed by atoms with Crippen molar-refractivity contribution in [2.24, 2.45) is 0 Å². The van der Waals surface area contributed by atoms with Gasteiger partial charge in [0.05, 0.1) is 30.8 Å². The number of nitrogens with zero attached hydrogens (tertiary/aromatic N) is 1. The molecule has 2 N–H and O–H groups in total. The summed E-state index contributed by atoms with van der Waals surface area (Å²) in [6.07, 6.45) is 1.64. The fraction of sp³-hybridized carbons (Fsp3) is 0.269. The third-order valence-electron chi connectivity index (χ3n) is 6.50. The number of likely N-dealkylation sites (tertiary alicyclic amines) is 1. The van der Waals surface area contributed by atoms with E-state index in [0.717, 1.165) is 34.9 Å². The smallest absolute Gasteiger partial charge is 0.254 e. The van der Waals surface area contributed by atoms with Crippen molar-refractivity contribution in [3.05, 3.63) is 71.8 Å². The molecule has 0 bridgehead atoms. The van der Waals surface area contributed by atoms with Crippen molar-refractivity contribution in [2.45, 2.75) is 31.3 Å². The molecule has 7 nitrogen and oxygen atoms in total. The average molecular weight is 444 g/mol. The Morgan fingerprint density at radius 1 is 1.03 bits per heavy atom. The van der Waals surface area contributed by atoms with E-state index in [1.165, 1.54) is 0 Å². The van der Waals surface area contributed by atoms with Crippen molar-refractivity contribution < 1.29 is 19.1 Å². The van der Waals surface area contributed by atoms with Gasteiger partial charge in [0.15, 0.2) is 0 Å². The molecule has 2 atom stereocenters. The van der Waals surface area contributed by atoms with Crippen LogP contribution in [0.4, 0.5) is 5.69 Å². The predicted molar refractivity (Wildman–Crippen MR) is 125 cm³/mol. The van der Waals surface area contributed by atoms with Gasteiger partial charge < -0.3 is 20.3 Å². The van der Waals surface area contributed by atoms with E-state index in [1.54, 1.807) is 31.4 Å². The lowest BCUT2D eigenvalue weighted by atomic mass is 9.96. The normalized spacial score (nSPS) is 20.1. The number of rotatable bonds is 4. The van der Waals surface area contributed by atoms with Crippen LogP contribution in [0.15, 0.2) is 60.7 Å². The molecule has 1 saturated heterocycles. The first-order chi connectivity index (χ1) is 16.1. The molecule has 5 rings (SSSR count). The summed E-state index contributed by atoms with van der Waals surface area (Å²) in [5.74, 6) is -0.0976. The molecular formula is C26H25N3O4. The molecule has 3 amide bonds. The van der Waals surface area contributed by atoms with Crippen molar-refractivity contribution in [1.82, 2.24) is 10.2 Å². The number of para-hydroxylation sites is 1. The van der Waals surface area contributed by atoms with Crippen LogP contribution >= 0.6 is 0 Å². The number of anilines is 1. The van der Waals surface area contributed by atoms with E-state index in [1.807, 2.05) is 41.3 Å². The van der Waals surface area contributed by atoms with Gasteiger partial charge >= 0.3 is 0 Å². The lowest BCUT2D eigenvalue weighted by molar-refractivity contribution is -0.134. The molecule has 3 aromatic rings. The Labute approximate surface area is 191 Å². The number of ether oxygens (including phenoxy) is 1. The molecule has 3 aromatic carbocycles. The van der Waals surface area contributed by atoms with Gasteiger partial charge in [0.2, 0.25) is 11.8 Å². The Morgan fingerprint density at radius 3 is 2.61 bits per heavy atom. The molecule has 0 aromatic heterocycles. The predicted octanol–water partition coefficient (Wildman–Crippen LogP) is 3.65. The van der Waals surface area contributed by atoms with Crippen LogP contribution in [0, 0.1) is 0 Å². The lowest BCUT2D eigenvalue weighted by Crippen LogP contribution is -2.45. The number of hydrogen-bond donors (Lipinski definition) is 2. The van der Waals surface area contributed by atoms with E-state index in [0.29, 0.717) is 17.8 Å². The van der Waals surface area contributed by atoms with E-state index in [2.05, 4.69) is 10.6 Å². The maximum Gasteiger partial charge on any atom is 0.254 e. The van der Waals surface area contributed by atoms with Crippen LogP contribution in [0.25, 0.3) is 10.8 Å². The van der Waals surface area contributed by atoms with Crippen LogP contribution in [0.1, 0.15) is 41.2 Å². The van der Waals surface area contributed by atoms with Crippen LogP contribution in [-0.4, -0.2) is 42.3 Å². The Kier molecular flexibility index (Phi) is 5.46. The molecule has 0 aliphatic carbocycles. The van der Waals surface area contributed by atoms with Gasteiger partial charge in [-0.3, -0.25) is 14.4 Å². The second-order valence-corrected chi connectivity index (χ2v) is 8.41. The van der Waals surface area contributed by atoms with E-state index in [4.69, 9.17) is 4.74 Å². The highest BCUT2D eigenvalue weighted by Crippen LogP contribution is 2.39. The Bertz CT molecular complexity index is 1260. The molecule has 0 saturated carbocycles. The number of fused-ring (bicyclic) bond motifs is 2. The minimum Gasteiger partial charge on any atom is -0.496 e. The number of benzene rings is 3. The molecule has 0 unspecified atom stereocenters. The summed E-state index contributed by atoms with van der Waals surface area (Å²) in [4.78, 5) is 40.6. The van der Waals surface area contributed by atoms with Crippen LogP contribution in [0.3, 0.4) is 0 Å². The van der Waals surface area contributed by atoms with Crippen molar-refractivity contribution >= 4 is 34.2 Å². The van der Waals surface area contributed by atoms with Gasteiger partial charge in [-0.1, -0.05) is 42.5 Å². The zero-order valence-electron chi connectivity index (χ0n) is 18.3. The minimum atomic E-state index is -0.925. The summed E-state index contributed by atoms with van der Waals surface area (Å²) >= 11 is 0. The third-order valence-corrected chi connectivity index (χ3v) is 6.50. The molecule has 2 aliphatic heterocycles. The van der Waals surface area contributed by atoms with Crippen molar-refractivity contribution in [3.63, 3.8) is 0 Å². The van der Waals surface area contributed by atoms with E-state index in [9.17, 15) is 14.4 Å². The van der Waals surface area contributed by atoms with Gasteiger partial charge in [0, 0.05) is 11.9 Å². The molecule has 1 fully saturated rings. The van der Waals surface area contributed by atoms with E-state index >= 15 is 0 Å². The molecule has 2 aliphatic rings. The van der Waals surface area contributed by atoms with Crippen LogP contribution in [0.5, 0.6) is 5.75 Å². The van der Waals surface area contributed by atoms with Crippen LogP contribution in [-0.2, 0) is 9.59 Å². The van der Waals surface area contributed by atoms with Crippen LogP contribution < -0.4 is 15.4 Å². The number of amides is 3. The maximum absolute atomic E-state index is 13.4. The van der Waals surface area contributed by atoms with Crippen LogP contribution in [0.2, 0.25) is 0 Å². The first-order valence-corrected chi connectivity index (χ1v) is 11.1. The number of hydrogen-bond acceptors (Lipinski definition) is 4. The minimum absolute atomic E-state index is 0.0872. The fourth-order valence-electron chi connectivity index (χ4n) is 4.90. The zero-order chi connectivity index (χ0) is 22.9. The van der Waals surface area contributed by atoms with Crippen molar-refractivity contribution in [1.29, 1.82) is 0 Å². The molecule has 0 spiro atoms. The van der Waals surface area contributed by atoms with E-state index < -0.39 is 6.04 Å².